The number of thioether (sulfide) groups is 1. The molecule has 1 aliphatic heterocycles. The third-order valence-corrected chi connectivity index (χ3v) is 5.25. The maximum atomic E-state index is 5.95. The molecule has 2 aromatic rings. The molecule has 0 saturated heterocycles. The summed E-state index contributed by atoms with van der Waals surface area (Å²) in [4.78, 5) is 1.41. The van der Waals surface area contributed by atoms with E-state index in [1.165, 1.54) is 16.0 Å². The zero-order chi connectivity index (χ0) is 14.7. The van der Waals surface area contributed by atoms with Crippen molar-refractivity contribution in [3.63, 3.8) is 0 Å². The summed E-state index contributed by atoms with van der Waals surface area (Å²) in [6.45, 7) is 2.92. The van der Waals surface area contributed by atoms with Gasteiger partial charge in [-0.1, -0.05) is 30.3 Å². The first-order valence-electron chi connectivity index (χ1n) is 7.41. The average Bonchev–Trinajstić information content (AvgIpc) is 2.95. The molecule has 0 bridgehead atoms. The number of nitrogens with one attached hydrogen (secondary N) is 1. The maximum absolute atomic E-state index is 5.95. The highest BCUT2D eigenvalue weighted by atomic mass is 32.2. The highest BCUT2D eigenvalue weighted by Crippen LogP contribution is 2.36. The standard InChI is InChI=1S/C18H21NOS/c1-13(19-2)14-7-9-16(10-8-14)20-12-17-11-15-5-3-4-6-18(15)21-17/h3-10,13,17,19H,11-12H2,1-2H3. The zero-order valence-corrected chi connectivity index (χ0v) is 13.3. The van der Waals surface area contributed by atoms with E-state index in [1.54, 1.807) is 0 Å². The first-order chi connectivity index (χ1) is 10.3. The van der Waals surface area contributed by atoms with Crippen LogP contribution in [0, 0.1) is 0 Å². The van der Waals surface area contributed by atoms with Crippen LogP contribution in [0.3, 0.4) is 0 Å². The normalized spacial score (nSPS) is 18.3. The molecule has 1 aliphatic rings. The number of benzene rings is 2. The van der Waals surface area contributed by atoms with Crippen molar-refractivity contribution in [3.05, 3.63) is 59.7 Å². The van der Waals surface area contributed by atoms with Crippen LogP contribution in [0.25, 0.3) is 0 Å². The Hall–Kier alpha value is -1.45. The van der Waals surface area contributed by atoms with Crippen molar-refractivity contribution in [2.45, 2.75) is 29.5 Å². The number of hydrogen-bond acceptors (Lipinski definition) is 3. The molecule has 0 aliphatic carbocycles. The molecule has 0 radical (unpaired) electrons. The lowest BCUT2D eigenvalue weighted by atomic mass is 10.1. The van der Waals surface area contributed by atoms with E-state index in [4.69, 9.17) is 4.74 Å². The van der Waals surface area contributed by atoms with Gasteiger partial charge in [-0.15, -0.1) is 11.8 Å². The smallest absolute Gasteiger partial charge is 0.119 e. The first-order valence-corrected chi connectivity index (χ1v) is 8.29. The van der Waals surface area contributed by atoms with Gasteiger partial charge in [0.05, 0.1) is 0 Å². The number of ether oxygens (including phenoxy) is 1. The van der Waals surface area contributed by atoms with Gasteiger partial charge in [0.1, 0.15) is 12.4 Å². The van der Waals surface area contributed by atoms with Crippen molar-refractivity contribution in [1.29, 1.82) is 0 Å². The Morgan fingerprint density at radius 3 is 2.67 bits per heavy atom. The lowest BCUT2D eigenvalue weighted by Crippen LogP contribution is -2.14. The molecule has 0 amide bonds. The zero-order valence-electron chi connectivity index (χ0n) is 12.5. The summed E-state index contributed by atoms with van der Waals surface area (Å²) in [7, 11) is 1.98. The molecule has 0 fully saturated rings. The van der Waals surface area contributed by atoms with Gasteiger partial charge >= 0.3 is 0 Å². The molecule has 0 aromatic heterocycles. The Morgan fingerprint density at radius 1 is 1.19 bits per heavy atom. The highest BCUT2D eigenvalue weighted by molar-refractivity contribution is 8.00. The third kappa shape index (κ3) is 3.42. The number of fused-ring (bicyclic) bond motifs is 1. The van der Waals surface area contributed by atoms with Gasteiger partial charge in [0.15, 0.2) is 0 Å². The van der Waals surface area contributed by atoms with E-state index in [0.29, 0.717) is 11.3 Å². The van der Waals surface area contributed by atoms with Crippen LogP contribution >= 0.6 is 11.8 Å². The van der Waals surface area contributed by atoms with Crippen LogP contribution in [-0.4, -0.2) is 18.9 Å². The van der Waals surface area contributed by atoms with Gasteiger partial charge in [-0.3, -0.25) is 0 Å². The molecule has 1 N–H and O–H groups in total. The van der Waals surface area contributed by atoms with E-state index in [1.807, 2.05) is 18.8 Å². The van der Waals surface area contributed by atoms with Crippen molar-refractivity contribution in [2.75, 3.05) is 13.7 Å². The van der Waals surface area contributed by atoms with Crippen molar-refractivity contribution in [1.82, 2.24) is 5.32 Å². The maximum Gasteiger partial charge on any atom is 0.119 e. The third-order valence-electron chi connectivity index (χ3n) is 3.96. The topological polar surface area (TPSA) is 21.3 Å². The summed E-state index contributed by atoms with van der Waals surface area (Å²) in [5, 5.41) is 3.77. The minimum atomic E-state index is 0.374. The molecule has 21 heavy (non-hydrogen) atoms. The van der Waals surface area contributed by atoms with Crippen LogP contribution in [0.4, 0.5) is 0 Å². The van der Waals surface area contributed by atoms with Crippen LogP contribution < -0.4 is 10.1 Å². The molecule has 2 atom stereocenters. The summed E-state index contributed by atoms with van der Waals surface area (Å²) < 4.78 is 5.95. The summed E-state index contributed by atoms with van der Waals surface area (Å²) in [6, 6.07) is 17.4. The van der Waals surface area contributed by atoms with Gasteiger partial charge in [0.25, 0.3) is 0 Å². The van der Waals surface area contributed by atoms with Crippen LogP contribution in [0.5, 0.6) is 5.75 Å². The van der Waals surface area contributed by atoms with Crippen LogP contribution in [-0.2, 0) is 6.42 Å². The monoisotopic (exact) mass is 299 g/mol. The second-order valence-electron chi connectivity index (χ2n) is 5.44. The summed E-state index contributed by atoms with van der Waals surface area (Å²) in [5.41, 5.74) is 2.74. The van der Waals surface area contributed by atoms with Gasteiger partial charge in [-0.2, -0.15) is 0 Å². The number of hydrogen-bond donors (Lipinski definition) is 1. The number of rotatable bonds is 5. The molecule has 2 nitrogen and oxygen atoms in total. The lowest BCUT2D eigenvalue weighted by molar-refractivity contribution is 0.317. The lowest BCUT2D eigenvalue weighted by Gasteiger charge is -2.13. The summed E-state index contributed by atoms with van der Waals surface area (Å²) in [5.74, 6) is 0.957. The fourth-order valence-electron chi connectivity index (χ4n) is 2.56. The summed E-state index contributed by atoms with van der Waals surface area (Å²) in [6.07, 6.45) is 1.11. The van der Waals surface area contributed by atoms with Gasteiger partial charge in [-0.25, -0.2) is 0 Å². The molecule has 0 spiro atoms. The van der Waals surface area contributed by atoms with E-state index >= 15 is 0 Å². The Labute approximate surface area is 130 Å². The second-order valence-corrected chi connectivity index (χ2v) is 6.78. The van der Waals surface area contributed by atoms with E-state index in [2.05, 4.69) is 60.8 Å². The Bertz CT molecular complexity index is 571. The fraction of sp³-hybridized carbons (Fsp3) is 0.333. The minimum absolute atomic E-state index is 0.374. The predicted molar refractivity (Wildman–Crippen MR) is 89.2 cm³/mol. The highest BCUT2D eigenvalue weighted by Gasteiger charge is 2.22. The predicted octanol–water partition coefficient (Wildman–Crippen LogP) is 4.06. The minimum Gasteiger partial charge on any atom is -0.492 e. The fourth-order valence-corrected chi connectivity index (χ4v) is 3.77. The molecule has 3 rings (SSSR count). The Balaban J connectivity index is 1.55. The van der Waals surface area contributed by atoms with Crippen LogP contribution in [0.15, 0.2) is 53.4 Å². The van der Waals surface area contributed by atoms with Crippen molar-refractivity contribution >= 4 is 11.8 Å². The van der Waals surface area contributed by atoms with E-state index in [9.17, 15) is 0 Å². The van der Waals surface area contributed by atoms with E-state index < -0.39 is 0 Å². The van der Waals surface area contributed by atoms with Crippen molar-refractivity contribution in [2.24, 2.45) is 0 Å². The molecule has 2 aromatic carbocycles. The first kappa shape index (κ1) is 14.5. The Kier molecular flexibility index (Phi) is 4.51. The molecule has 1 heterocycles. The van der Waals surface area contributed by atoms with Gasteiger partial charge in [-0.05, 0) is 49.7 Å². The summed E-state index contributed by atoms with van der Waals surface area (Å²) >= 11 is 1.93. The van der Waals surface area contributed by atoms with Crippen molar-refractivity contribution in [3.8, 4) is 5.75 Å². The Morgan fingerprint density at radius 2 is 1.95 bits per heavy atom. The largest absolute Gasteiger partial charge is 0.492 e. The van der Waals surface area contributed by atoms with Crippen LogP contribution in [0.2, 0.25) is 0 Å². The van der Waals surface area contributed by atoms with E-state index in [0.717, 1.165) is 18.8 Å². The van der Waals surface area contributed by atoms with Crippen LogP contribution in [0.1, 0.15) is 24.1 Å². The van der Waals surface area contributed by atoms with Gasteiger partial charge in [0.2, 0.25) is 0 Å². The molecule has 2 unspecified atom stereocenters. The van der Waals surface area contributed by atoms with Gasteiger partial charge < -0.3 is 10.1 Å². The van der Waals surface area contributed by atoms with Crippen molar-refractivity contribution < 1.29 is 4.74 Å². The molecule has 0 saturated carbocycles. The quantitative estimate of drug-likeness (QED) is 0.899. The average molecular weight is 299 g/mol. The molecular weight excluding hydrogens is 278 g/mol. The SMILES string of the molecule is CNC(C)c1ccc(OCC2Cc3ccccc3S2)cc1. The molecular formula is C18H21NOS. The second kappa shape index (κ2) is 6.54. The van der Waals surface area contributed by atoms with Gasteiger partial charge in [0, 0.05) is 16.2 Å². The molecule has 110 valence electrons. The molecule has 3 heteroatoms. The van der Waals surface area contributed by atoms with E-state index in [-0.39, 0.29) is 0 Å².